The molecule has 0 aliphatic carbocycles. The Morgan fingerprint density at radius 2 is 1.54 bits per heavy atom. The molecule has 0 amide bonds. The molecule has 0 radical (unpaired) electrons. The largest absolute Gasteiger partial charge is 0.307 e. The summed E-state index contributed by atoms with van der Waals surface area (Å²) in [6, 6.07) is 21.2. The van der Waals surface area contributed by atoms with E-state index < -0.39 is 0 Å². The van der Waals surface area contributed by atoms with Crippen LogP contribution >= 0.6 is 0 Å². The van der Waals surface area contributed by atoms with Crippen molar-refractivity contribution in [3.8, 4) is 0 Å². The molecule has 1 saturated heterocycles. The van der Waals surface area contributed by atoms with E-state index in [4.69, 9.17) is 4.79 Å². The van der Waals surface area contributed by atoms with Gasteiger partial charge in [0, 0.05) is 13.0 Å². The molecule has 0 aromatic heterocycles. The van der Waals surface area contributed by atoms with Crippen molar-refractivity contribution in [1.82, 2.24) is 4.90 Å². The standard InChI is InChI=1S/C22H27NO.CH2O/c24-22(16-8-7-12-19-10-3-1-4-11-19)21-15-9-17-23(21)18-20-13-5-2-6-14-20;1-2/h1-6,10-11,13-14,21H,7-9,12,15-18H2;1H2. The van der Waals surface area contributed by atoms with Crippen molar-refractivity contribution in [2.75, 3.05) is 6.54 Å². The Labute approximate surface area is 157 Å². The fourth-order valence-electron chi connectivity index (χ4n) is 3.64. The summed E-state index contributed by atoms with van der Waals surface area (Å²) in [7, 11) is 0. The fraction of sp³-hybridized carbons (Fsp3) is 0.391. The van der Waals surface area contributed by atoms with Crippen molar-refractivity contribution < 1.29 is 9.59 Å². The molecule has 0 N–H and O–H groups in total. The normalized spacial score (nSPS) is 16.7. The Morgan fingerprint density at radius 3 is 2.19 bits per heavy atom. The zero-order valence-corrected chi connectivity index (χ0v) is 15.5. The first kappa shape index (κ1) is 20.1. The zero-order chi connectivity index (χ0) is 18.6. The summed E-state index contributed by atoms with van der Waals surface area (Å²) < 4.78 is 0. The zero-order valence-electron chi connectivity index (χ0n) is 15.5. The molecule has 0 bridgehead atoms. The minimum atomic E-state index is 0.141. The van der Waals surface area contributed by atoms with E-state index in [1.165, 1.54) is 11.1 Å². The lowest BCUT2D eigenvalue weighted by Crippen LogP contribution is -2.35. The third-order valence-electron chi connectivity index (χ3n) is 4.95. The molecule has 3 rings (SSSR count). The molecule has 2 aromatic rings. The third kappa shape index (κ3) is 6.23. The quantitative estimate of drug-likeness (QED) is 0.660. The van der Waals surface area contributed by atoms with E-state index in [1.54, 1.807) is 0 Å². The number of aryl methyl sites for hydroxylation is 1. The molecule has 138 valence electrons. The van der Waals surface area contributed by atoms with Gasteiger partial charge < -0.3 is 4.79 Å². The highest BCUT2D eigenvalue weighted by Gasteiger charge is 2.29. The van der Waals surface area contributed by atoms with E-state index in [1.807, 2.05) is 12.9 Å². The fourth-order valence-corrected chi connectivity index (χ4v) is 3.64. The summed E-state index contributed by atoms with van der Waals surface area (Å²) in [5.41, 5.74) is 2.68. The molecule has 1 heterocycles. The molecule has 1 aliphatic rings. The molecule has 0 spiro atoms. The lowest BCUT2D eigenvalue weighted by molar-refractivity contribution is -0.123. The van der Waals surface area contributed by atoms with Gasteiger partial charge in [0.1, 0.15) is 12.6 Å². The molecule has 1 fully saturated rings. The van der Waals surface area contributed by atoms with Gasteiger partial charge >= 0.3 is 0 Å². The molecule has 2 aromatic carbocycles. The lowest BCUT2D eigenvalue weighted by Gasteiger charge is -2.23. The van der Waals surface area contributed by atoms with Crippen LogP contribution in [0.4, 0.5) is 0 Å². The molecule has 1 unspecified atom stereocenters. The van der Waals surface area contributed by atoms with Crippen LogP contribution in [-0.4, -0.2) is 30.1 Å². The molecule has 0 saturated carbocycles. The van der Waals surface area contributed by atoms with E-state index in [0.29, 0.717) is 5.78 Å². The molecule has 1 aliphatic heterocycles. The first-order valence-corrected chi connectivity index (χ1v) is 9.46. The van der Waals surface area contributed by atoms with Gasteiger partial charge in [0.05, 0.1) is 6.04 Å². The maximum Gasteiger partial charge on any atom is 0.149 e. The van der Waals surface area contributed by atoms with Crippen LogP contribution in [0.5, 0.6) is 0 Å². The Kier molecular flexibility index (Phi) is 8.77. The van der Waals surface area contributed by atoms with E-state index in [9.17, 15) is 4.79 Å². The topological polar surface area (TPSA) is 37.4 Å². The van der Waals surface area contributed by atoms with Gasteiger partial charge in [0.15, 0.2) is 0 Å². The van der Waals surface area contributed by atoms with Gasteiger partial charge in [-0.1, -0.05) is 60.7 Å². The second-order valence-corrected chi connectivity index (χ2v) is 6.77. The number of hydrogen-bond acceptors (Lipinski definition) is 3. The number of Topliss-reactive ketones (excluding diaryl/α,β-unsaturated/α-hetero) is 1. The van der Waals surface area contributed by atoms with Crippen molar-refractivity contribution in [1.29, 1.82) is 0 Å². The Hall–Kier alpha value is -2.26. The van der Waals surface area contributed by atoms with Crippen LogP contribution in [0.2, 0.25) is 0 Å². The van der Waals surface area contributed by atoms with Gasteiger partial charge in [-0.3, -0.25) is 9.69 Å². The van der Waals surface area contributed by atoms with Crippen LogP contribution in [0.25, 0.3) is 0 Å². The van der Waals surface area contributed by atoms with Gasteiger partial charge in [-0.2, -0.15) is 0 Å². The molecule has 26 heavy (non-hydrogen) atoms. The van der Waals surface area contributed by atoms with Crippen LogP contribution in [0.1, 0.15) is 43.2 Å². The second kappa shape index (κ2) is 11.4. The predicted molar refractivity (Wildman–Crippen MR) is 106 cm³/mol. The van der Waals surface area contributed by atoms with Gasteiger partial charge in [0.25, 0.3) is 0 Å². The van der Waals surface area contributed by atoms with Crippen LogP contribution in [0.3, 0.4) is 0 Å². The van der Waals surface area contributed by atoms with E-state index in [0.717, 1.165) is 51.6 Å². The smallest absolute Gasteiger partial charge is 0.149 e. The SMILES string of the molecule is C=O.O=C(CCCCc1ccccc1)C1CCCN1Cc1ccccc1. The maximum absolute atomic E-state index is 12.6. The monoisotopic (exact) mass is 351 g/mol. The van der Waals surface area contributed by atoms with Gasteiger partial charge in [-0.15, -0.1) is 0 Å². The minimum absolute atomic E-state index is 0.141. The first-order chi connectivity index (χ1) is 12.8. The molecule has 3 nitrogen and oxygen atoms in total. The van der Waals surface area contributed by atoms with E-state index in [2.05, 4.69) is 59.5 Å². The van der Waals surface area contributed by atoms with E-state index >= 15 is 0 Å². The summed E-state index contributed by atoms with van der Waals surface area (Å²) in [5.74, 6) is 0.441. The Morgan fingerprint density at radius 1 is 0.923 bits per heavy atom. The van der Waals surface area contributed by atoms with Crippen molar-refractivity contribution in [2.45, 2.75) is 51.1 Å². The number of nitrogens with zero attached hydrogens (tertiary/aromatic N) is 1. The van der Waals surface area contributed by atoms with Crippen molar-refractivity contribution >= 4 is 12.6 Å². The number of carbonyl (C=O) groups is 2. The minimum Gasteiger partial charge on any atom is -0.307 e. The van der Waals surface area contributed by atoms with Crippen LogP contribution in [-0.2, 0) is 22.6 Å². The second-order valence-electron chi connectivity index (χ2n) is 6.77. The number of benzene rings is 2. The number of carbonyl (C=O) groups excluding carboxylic acids is 2. The highest BCUT2D eigenvalue weighted by Crippen LogP contribution is 2.22. The molecule has 3 heteroatoms. The van der Waals surface area contributed by atoms with Crippen LogP contribution < -0.4 is 0 Å². The van der Waals surface area contributed by atoms with Gasteiger partial charge in [-0.05, 0) is 49.8 Å². The highest BCUT2D eigenvalue weighted by molar-refractivity contribution is 5.84. The van der Waals surface area contributed by atoms with Gasteiger partial charge in [-0.25, -0.2) is 0 Å². The summed E-state index contributed by atoms with van der Waals surface area (Å²) >= 11 is 0. The first-order valence-electron chi connectivity index (χ1n) is 9.46. The number of unbranched alkanes of at least 4 members (excludes halogenated alkanes) is 1. The predicted octanol–water partition coefficient (Wildman–Crippen LogP) is 4.45. The third-order valence-corrected chi connectivity index (χ3v) is 4.95. The number of hydrogen-bond donors (Lipinski definition) is 0. The average Bonchev–Trinajstić information content (AvgIpc) is 3.16. The summed E-state index contributed by atoms with van der Waals surface area (Å²) in [6.45, 7) is 3.95. The van der Waals surface area contributed by atoms with Gasteiger partial charge in [0.2, 0.25) is 0 Å². The number of likely N-dealkylation sites (tertiary alicyclic amines) is 1. The van der Waals surface area contributed by atoms with Crippen LogP contribution in [0, 0.1) is 0 Å². The summed E-state index contributed by atoms with van der Waals surface area (Å²) in [6.07, 6.45) is 6.08. The summed E-state index contributed by atoms with van der Waals surface area (Å²) in [4.78, 5) is 23.0. The lowest BCUT2D eigenvalue weighted by atomic mass is 10.0. The van der Waals surface area contributed by atoms with E-state index in [-0.39, 0.29) is 6.04 Å². The van der Waals surface area contributed by atoms with Crippen molar-refractivity contribution in [3.05, 3.63) is 71.8 Å². The maximum atomic E-state index is 12.6. The number of ketones is 1. The Bertz CT molecular complexity index is 642. The molecular formula is C23H29NO2. The van der Waals surface area contributed by atoms with Crippen molar-refractivity contribution in [2.24, 2.45) is 0 Å². The molecule has 1 atom stereocenters. The summed E-state index contributed by atoms with van der Waals surface area (Å²) in [5, 5.41) is 0. The number of rotatable bonds is 8. The molecular weight excluding hydrogens is 322 g/mol. The highest BCUT2D eigenvalue weighted by atomic mass is 16.1. The Balaban J connectivity index is 0.00000117. The van der Waals surface area contributed by atoms with Crippen LogP contribution in [0.15, 0.2) is 60.7 Å². The average molecular weight is 351 g/mol. The van der Waals surface area contributed by atoms with Crippen molar-refractivity contribution in [3.63, 3.8) is 0 Å².